The predicted octanol–water partition coefficient (Wildman–Crippen LogP) is 6.75. The summed E-state index contributed by atoms with van der Waals surface area (Å²) in [4.78, 5) is 0. The molecule has 0 aliphatic rings. The Morgan fingerprint density at radius 1 is 0.421 bits per heavy atom. The van der Waals surface area contributed by atoms with Crippen molar-refractivity contribution >= 4 is 0 Å². The molecule has 0 fully saturated rings. The van der Waals surface area contributed by atoms with E-state index in [0.29, 0.717) is 0 Å². The third kappa shape index (κ3) is 27.2. The quantitative estimate of drug-likeness (QED) is 0.337. The summed E-state index contributed by atoms with van der Waals surface area (Å²) in [6.07, 6.45) is 16.1. The van der Waals surface area contributed by atoms with E-state index < -0.39 is 0 Å². The lowest BCUT2D eigenvalue weighted by molar-refractivity contribution is 0.126. The molecule has 0 aromatic carbocycles. The van der Waals surface area contributed by atoms with Crippen molar-refractivity contribution in [1.29, 1.82) is 0 Å². The highest BCUT2D eigenvalue weighted by molar-refractivity contribution is 4.41. The first-order valence-electron chi connectivity index (χ1n) is 8.91. The maximum atomic E-state index is 5.53. The van der Waals surface area contributed by atoms with Gasteiger partial charge in [-0.25, -0.2) is 0 Å². The highest BCUT2D eigenvalue weighted by Gasteiger charge is 1.90. The Morgan fingerprint density at radius 2 is 0.737 bits per heavy atom. The smallest absolute Gasteiger partial charge is 0.0466 e. The van der Waals surface area contributed by atoms with Crippen LogP contribution >= 0.6 is 0 Å². The molecule has 0 aromatic rings. The van der Waals surface area contributed by atoms with Crippen LogP contribution in [0.4, 0.5) is 0 Å². The Morgan fingerprint density at radius 3 is 1.05 bits per heavy atom. The minimum Gasteiger partial charge on any atom is -0.381 e. The molecule has 0 aromatic heterocycles. The second-order valence-corrected chi connectivity index (χ2v) is 5.44. The zero-order chi connectivity index (χ0) is 14.6. The average molecular weight is 273 g/mol. The van der Waals surface area contributed by atoms with Crippen LogP contribution in [0, 0.1) is 0 Å². The molecule has 1 nitrogen and oxygen atoms in total. The molecule has 0 aliphatic heterocycles. The van der Waals surface area contributed by atoms with Gasteiger partial charge in [-0.1, -0.05) is 91.9 Å². The second kappa shape index (κ2) is 23.1. The fourth-order valence-electron chi connectivity index (χ4n) is 1.86. The van der Waals surface area contributed by atoms with Crippen molar-refractivity contribution in [2.45, 2.75) is 105 Å². The van der Waals surface area contributed by atoms with Crippen LogP contribution in [0.1, 0.15) is 105 Å². The van der Waals surface area contributed by atoms with E-state index in [-0.39, 0.29) is 0 Å². The number of ether oxygens (including phenoxy) is 1. The summed E-state index contributed by atoms with van der Waals surface area (Å²) >= 11 is 0. The molecule has 0 spiro atoms. The molecule has 0 aliphatic carbocycles. The third-order valence-corrected chi connectivity index (χ3v) is 3.24. The van der Waals surface area contributed by atoms with Crippen LogP contribution in [0.15, 0.2) is 0 Å². The molecule has 0 radical (unpaired) electrons. The van der Waals surface area contributed by atoms with E-state index in [1.165, 1.54) is 77.0 Å². The lowest BCUT2D eigenvalue weighted by Gasteiger charge is -2.03. The van der Waals surface area contributed by atoms with Crippen LogP contribution < -0.4 is 0 Å². The minimum atomic E-state index is 0.978. The summed E-state index contributed by atoms with van der Waals surface area (Å²) in [6.45, 7) is 10.9. The highest BCUT2D eigenvalue weighted by atomic mass is 16.5. The lowest BCUT2D eigenvalue weighted by Crippen LogP contribution is -1.96. The van der Waals surface area contributed by atoms with Gasteiger partial charge in [0.05, 0.1) is 0 Å². The van der Waals surface area contributed by atoms with E-state index in [2.05, 4.69) is 27.7 Å². The predicted molar refractivity (Wildman–Crippen MR) is 88.9 cm³/mol. The molecule has 118 valence electrons. The topological polar surface area (TPSA) is 9.23 Å². The van der Waals surface area contributed by atoms with Gasteiger partial charge in [0, 0.05) is 13.2 Å². The summed E-state index contributed by atoms with van der Waals surface area (Å²) in [5.41, 5.74) is 0. The summed E-state index contributed by atoms with van der Waals surface area (Å²) in [6, 6.07) is 0. The van der Waals surface area contributed by atoms with E-state index >= 15 is 0 Å². The molecule has 0 atom stereocenters. The van der Waals surface area contributed by atoms with Gasteiger partial charge < -0.3 is 4.74 Å². The largest absolute Gasteiger partial charge is 0.381 e. The van der Waals surface area contributed by atoms with Gasteiger partial charge in [-0.3, -0.25) is 0 Å². The van der Waals surface area contributed by atoms with Crippen molar-refractivity contribution in [3.63, 3.8) is 0 Å². The molecule has 1 heteroatoms. The molecule has 0 unspecified atom stereocenters. The maximum Gasteiger partial charge on any atom is 0.0466 e. The van der Waals surface area contributed by atoms with E-state index in [1.54, 1.807) is 0 Å². The number of hydrogen-bond donors (Lipinski definition) is 0. The molecule has 0 N–H and O–H groups in total. The monoisotopic (exact) mass is 272 g/mol. The molecule has 19 heavy (non-hydrogen) atoms. The Bertz CT molecular complexity index is 109. The molecule has 0 saturated heterocycles. The summed E-state index contributed by atoms with van der Waals surface area (Å²) in [5.74, 6) is 0. The molecular formula is C18H40O. The van der Waals surface area contributed by atoms with Gasteiger partial charge in [-0.15, -0.1) is 0 Å². The van der Waals surface area contributed by atoms with Gasteiger partial charge in [0.25, 0.3) is 0 Å². The van der Waals surface area contributed by atoms with Crippen LogP contribution in [-0.2, 0) is 4.74 Å². The Kier molecular flexibility index (Phi) is 25.8. The van der Waals surface area contributed by atoms with Crippen LogP contribution in [0.5, 0.6) is 0 Å². The molecule has 0 rings (SSSR count). The molecule has 0 saturated carbocycles. The first-order chi connectivity index (χ1) is 9.33. The Balaban J connectivity index is 0. The van der Waals surface area contributed by atoms with Crippen molar-refractivity contribution in [3.05, 3.63) is 0 Å². The number of hydrogen-bond acceptors (Lipinski definition) is 1. The lowest BCUT2D eigenvalue weighted by atomic mass is 10.2. The van der Waals surface area contributed by atoms with Crippen LogP contribution in [0.25, 0.3) is 0 Å². The SMILES string of the molecule is CCCCCC.CCCCCCOCCCCCC. The van der Waals surface area contributed by atoms with Gasteiger partial charge in [0.15, 0.2) is 0 Å². The maximum absolute atomic E-state index is 5.53. The van der Waals surface area contributed by atoms with Crippen molar-refractivity contribution in [3.8, 4) is 0 Å². The zero-order valence-electron chi connectivity index (χ0n) is 14.3. The number of rotatable bonds is 13. The van der Waals surface area contributed by atoms with Crippen molar-refractivity contribution in [2.24, 2.45) is 0 Å². The minimum absolute atomic E-state index is 0.978. The van der Waals surface area contributed by atoms with Gasteiger partial charge in [-0.2, -0.15) is 0 Å². The zero-order valence-corrected chi connectivity index (χ0v) is 14.3. The molecule has 0 amide bonds. The average Bonchev–Trinajstić information content (AvgIpc) is 2.44. The van der Waals surface area contributed by atoms with Crippen LogP contribution in [0.2, 0.25) is 0 Å². The van der Waals surface area contributed by atoms with Gasteiger partial charge in [0.2, 0.25) is 0 Å². The molecule has 0 heterocycles. The Labute approximate surface area is 123 Å². The van der Waals surface area contributed by atoms with E-state index in [1.807, 2.05) is 0 Å². The first-order valence-corrected chi connectivity index (χ1v) is 8.91. The summed E-state index contributed by atoms with van der Waals surface area (Å²) < 4.78 is 5.53. The standard InChI is InChI=1S/C12H26O.C6H14/c1-3-5-7-9-11-13-12-10-8-6-4-2;1-3-5-6-4-2/h3-12H2,1-2H3;3-6H2,1-2H3. The van der Waals surface area contributed by atoms with Crippen LogP contribution in [-0.4, -0.2) is 13.2 Å². The van der Waals surface area contributed by atoms with Crippen molar-refractivity contribution in [2.75, 3.05) is 13.2 Å². The van der Waals surface area contributed by atoms with E-state index in [9.17, 15) is 0 Å². The molecule has 0 bridgehead atoms. The third-order valence-electron chi connectivity index (χ3n) is 3.24. The Hall–Kier alpha value is -0.0400. The first kappa shape index (κ1) is 21.3. The normalized spacial score (nSPS) is 10.1. The highest BCUT2D eigenvalue weighted by Crippen LogP contribution is 2.01. The second-order valence-electron chi connectivity index (χ2n) is 5.44. The number of unbranched alkanes of at least 4 members (excludes halogenated alkanes) is 9. The molecular weight excluding hydrogens is 232 g/mol. The van der Waals surface area contributed by atoms with Gasteiger partial charge in [0.1, 0.15) is 0 Å². The van der Waals surface area contributed by atoms with Crippen LogP contribution in [0.3, 0.4) is 0 Å². The fourth-order valence-corrected chi connectivity index (χ4v) is 1.86. The van der Waals surface area contributed by atoms with Gasteiger partial charge >= 0.3 is 0 Å². The van der Waals surface area contributed by atoms with Gasteiger partial charge in [-0.05, 0) is 12.8 Å². The fraction of sp³-hybridized carbons (Fsp3) is 1.00. The summed E-state index contributed by atoms with van der Waals surface area (Å²) in [7, 11) is 0. The van der Waals surface area contributed by atoms with E-state index in [4.69, 9.17) is 4.74 Å². The van der Waals surface area contributed by atoms with Crippen molar-refractivity contribution < 1.29 is 4.74 Å². The summed E-state index contributed by atoms with van der Waals surface area (Å²) in [5, 5.41) is 0. The van der Waals surface area contributed by atoms with Crippen molar-refractivity contribution in [1.82, 2.24) is 0 Å². The van der Waals surface area contributed by atoms with E-state index in [0.717, 1.165) is 13.2 Å².